The summed E-state index contributed by atoms with van der Waals surface area (Å²) in [6, 6.07) is 4.05. The van der Waals surface area contributed by atoms with Crippen molar-refractivity contribution in [3.8, 4) is 0 Å². The van der Waals surface area contributed by atoms with Gasteiger partial charge in [-0.3, -0.25) is 4.79 Å². The number of amides is 1. The lowest BCUT2D eigenvalue weighted by Crippen LogP contribution is -2.37. The van der Waals surface area contributed by atoms with Crippen molar-refractivity contribution in [1.82, 2.24) is 15.2 Å². The molecule has 1 amide bonds. The highest BCUT2D eigenvalue weighted by Gasteiger charge is 2.13. The number of nitrogens with one attached hydrogen (secondary N) is 1. The quantitative estimate of drug-likeness (QED) is 0.783. The van der Waals surface area contributed by atoms with Crippen LogP contribution in [-0.4, -0.2) is 49.5 Å². The maximum atomic E-state index is 11.9. The van der Waals surface area contributed by atoms with Crippen molar-refractivity contribution in [2.24, 2.45) is 0 Å². The summed E-state index contributed by atoms with van der Waals surface area (Å²) in [5, 5.41) is 3.27. The fourth-order valence-corrected chi connectivity index (χ4v) is 1.83. The van der Waals surface area contributed by atoms with E-state index >= 15 is 0 Å². The van der Waals surface area contributed by atoms with Crippen LogP contribution in [0, 0.1) is 0 Å². The van der Waals surface area contributed by atoms with E-state index in [1.807, 2.05) is 17.2 Å². The van der Waals surface area contributed by atoms with Gasteiger partial charge < -0.3 is 15.1 Å². The first-order chi connectivity index (χ1) is 9.58. The van der Waals surface area contributed by atoms with Crippen LogP contribution < -0.4 is 10.2 Å². The highest BCUT2D eigenvalue weighted by molar-refractivity contribution is 5.80. The van der Waals surface area contributed by atoms with Gasteiger partial charge in [0.05, 0.1) is 6.54 Å². The Morgan fingerprint density at radius 1 is 1.30 bits per heavy atom. The van der Waals surface area contributed by atoms with E-state index in [0.29, 0.717) is 6.54 Å². The highest BCUT2D eigenvalue weighted by Crippen LogP contribution is 2.12. The van der Waals surface area contributed by atoms with Crippen LogP contribution in [0.5, 0.6) is 0 Å². The van der Waals surface area contributed by atoms with Crippen LogP contribution in [0.4, 0.5) is 5.82 Å². The van der Waals surface area contributed by atoms with Crippen molar-refractivity contribution in [2.45, 2.75) is 26.8 Å². The van der Waals surface area contributed by atoms with Crippen LogP contribution in [0.25, 0.3) is 0 Å². The lowest BCUT2D eigenvalue weighted by atomic mass is 10.2. The Hall–Kier alpha value is -1.62. The van der Waals surface area contributed by atoms with E-state index in [2.05, 4.69) is 30.2 Å². The number of carbonyl (C=O) groups is 1. The number of nitrogens with zero attached hydrogens (tertiary/aromatic N) is 3. The highest BCUT2D eigenvalue weighted by atomic mass is 16.2. The van der Waals surface area contributed by atoms with Crippen LogP contribution in [0.3, 0.4) is 0 Å². The molecule has 1 N–H and O–H groups in total. The molecule has 0 saturated heterocycles. The molecule has 0 aromatic carbocycles. The molecule has 0 aliphatic rings. The molecular formula is C15H26N4O. The van der Waals surface area contributed by atoms with E-state index in [1.165, 1.54) is 0 Å². The molecule has 0 unspecified atom stereocenters. The lowest BCUT2D eigenvalue weighted by molar-refractivity contribution is -0.127. The maximum Gasteiger partial charge on any atom is 0.241 e. The molecule has 5 nitrogen and oxygen atoms in total. The third-order valence-corrected chi connectivity index (χ3v) is 3.03. The molecule has 1 aromatic heterocycles. The zero-order valence-corrected chi connectivity index (χ0v) is 13.0. The lowest BCUT2D eigenvalue weighted by Gasteiger charge is -2.24. The fraction of sp³-hybridized carbons (Fsp3) is 0.600. The summed E-state index contributed by atoms with van der Waals surface area (Å²) in [5.74, 6) is 0.958. The van der Waals surface area contributed by atoms with E-state index < -0.39 is 0 Å². The monoisotopic (exact) mass is 278 g/mol. The van der Waals surface area contributed by atoms with Gasteiger partial charge in [0, 0.05) is 33.4 Å². The minimum absolute atomic E-state index is 0.0944. The Labute approximate surface area is 122 Å². The van der Waals surface area contributed by atoms with Crippen LogP contribution in [-0.2, 0) is 11.3 Å². The summed E-state index contributed by atoms with van der Waals surface area (Å²) in [4.78, 5) is 20.0. The summed E-state index contributed by atoms with van der Waals surface area (Å²) in [7, 11) is 3.55. The van der Waals surface area contributed by atoms with Gasteiger partial charge in [-0.2, -0.15) is 0 Å². The van der Waals surface area contributed by atoms with Gasteiger partial charge in [0.25, 0.3) is 0 Å². The predicted molar refractivity (Wildman–Crippen MR) is 82.8 cm³/mol. The zero-order chi connectivity index (χ0) is 15.0. The number of pyridine rings is 1. The standard InChI is InChI=1S/C15H26N4O/c1-5-9-19(12-15(20)18(3)4)14-8-7-13(11-17-14)10-16-6-2/h7-8,11,16H,5-6,9-10,12H2,1-4H3. The predicted octanol–water partition coefficient (Wildman–Crippen LogP) is 1.50. The second kappa shape index (κ2) is 8.53. The molecule has 1 aromatic rings. The molecule has 1 heterocycles. The van der Waals surface area contributed by atoms with Gasteiger partial charge in [0.1, 0.15) is 5.82 Å². The van der Waals surface area contributed by atoms with Gasteiger partial charge in [-0.05, 0) is 24.6 Å². The molecule has 5 heteroatoms. The first-order valence-corrected chi connectivity index (χ1v) is 7.19. The minimum Gasteiger partial charge on any atom is -0.347 e. The van der Waals surface area contributed by atoms with Crippen LogP contribution in [0.2, 0.25) is 0 Å². The van der Waals surface area contributed by atoms with Crippen molar-refractivity contribution in [1.29, 1.82) is 0 Å². The Kier molecular flexibility index (Phi) is 7.01. The third kappa shape index (κ3) is 5.17. The normalized spacial score (nSPS) is 10.4. The molecule has 0 aliphatic heterocycles. The number of likely N-dealkylation sites (N-methyl/N-ethyl adjacent to an activating group) is 1. The molecule has 0 radical (unpaired) electrons. The molecule has 112 valence electrons. The number of hydrogen-bond donors (Lipinski definition) is 1. The van der Waals surface area contributed by atoms with Gasteiger partial charge in [-0.1, -0.05) is 19.9 Å². The summed E-state index contributed by atoms with van der Waals surface area (Å²) in [6.07, 6.45) is 2.86. The van der Waals surface area contributed by atoms with Gasteiger partial charge >= 0.3 is 0 Å². The molecule has 0 bridgehead atoms. The second-order valence-corrected chi connectivity index (χ2v) is 5.01. The minimum atomic E-state index is 0.0944. The summed E-state index contributed by atoms with van der Waals surface area (Å²) >= 11 is 0. The average Bonchev–Trinajstić information content (AvgIpc) is 2.45. The van der Waals surface area contributed by atoms with E-state index in [4.69, 9.17) is 0 Å². The second-order valence-electron chi connectivity index (χ2n) is 5.01. The Bertz CT molecular complexity index is 403. The Morgan fingerprint density at radius 2 is 2.05 bits per heavy atom. The van der Waals surface area contributed by atoms with Crippen molar-refractivity contribution in [3.63, 3.8) is 0 Å². The number of carbonyl (C=O) groups excluding carboxylic acids is 1. The topological polar surface area (TPSA) is 48.5 Å². The smallest absolute Gasteiger partial charge is 0.241 e. The van der Waals surface area contributed by atoms with Crippen LogP contribution >= 0.6 is 0 Å². The number of aromatic nitrogens is 1. The largest absolute Gasteiger partial charge is 0.347 e. The summed E-state index contributed by atoms with van der Waals surface area (Å²) in [6.45, 7) is 7.17. The molecule has 0 spiro atoms. The van der Waals surface area contributed by atoms with E-state index in [-0.39, 0.29) is 5.91 Å². The molecular weight excluding hydrogens is 252 g/mol. The Morgan fingerprint density at radius 3 is 2.55 bits per heavy atom. The van der Waals surface area contributed by atoms with E-state index in [9.17, 15) is 4.79 Å². The van der Waals surface area contributed by atoms with Crippen molar-refractivity contribution >= 4 is 11.7 Å². The maximum absolute atomic E-state index is 11.9. The van der Waals surface area contributed by atoms with Crippen LogP contribution in [0.15, 0.2) is 18.3 Å². The van der Waals surface area contributed by atoms with Gasteiger partial charge in [0.2, 0.25) is 5.91 Å². The van der Waals surface area contributed by atoms with Gasteiger partial charge in [-0.15, -0.1) is 0 Å². The van der Waals surface area contributed by atoms with Crippen LogP contribution in [0.1, 0.15) is 25.8 Å². The van der Waals surface area contributed by atoms with E-state index in [0.717, 1.165) is 37.4 Å². The van der Waals surface area contributed by atoms with Crippen molar-refractivity contribution in [2.75, 3.05) is 38.6 Å². The summed E-state index contributed by atoms with van der Waals surface area (Å²) in [5.41, 5.74) is 1.16. The van der Waals surface area contributed by atoms with E-state index in [1.54, 1.807) is 19.0 Å². The average molecular weight is 278 g/mol. The van der Waals surface area contributed by atoms with Crippen molar-refractivity contribution in [3.05, 3.63) is 23.9 Å². The number of rotatable bonds is 8. The Balaban J connectivity index is 2.73. The molecule has 0 saturated carbocycles. The number of anilines is 1. The molecule has 0 fully saturated rings. The molecule has 1 rings (SSSR count). The first kappa shape index (κ1) is 16.4. The third-order valence-electron chi connectivity index (χ3n) is 3.03. The van der Waals surface area contributed by atoms with Gasteiger partial charge in [-0.25, -0.2) is 4.98 Å². The SMILES string of the molecule is CCCN(CC(=O)N(C)C)c1ccc(CNCC)cn1. The zero-order valence-electron chi connectivity index (χ0n) is 13.0. The first-order valence-electron chi connectivity index (χ1n) is 7.19. The van der Waals surface area contributed by atoms with Crippen molar-refractivity contribution < 1.29 is 4.79 Å². The van der Waals surface area contributed by atoms with Gasteiger partial charge in [0.15, 0.2) is 0 Å². The molecule has 0 aliphatic carbocycles. The number of hydrogen-bond acceptors (Lipinski definition) is 4. The summed E-state index contributed by atoms with van der Waals surface area (Å²) < 4.78 is 0. The fourth-order valence-electron chi connectivity index (χ4n) is 1.83. The molecule has 20 heavy (non-hydrogen) atoms. The molecule has 0 atom stereocenters.